The van der Waals surface area contributed by atoms with Gasteiger partial charge >= 0.3 is 11.9 Å². The smallest absolute Gasteiger partial charge is 0.350 e. The van der Waals surface area contributed by atoms with E-state index >= 15 is 0 Å². The van der Waals surface area contributed by atoms with E-state index in [1.54, 1.807) is 6.92 Å². The van der Waals surface area contributed by atoms with Crippen LogP contribution in [0.25, 0.3) is 0 Å². The van der Waals surface area contributed by atoms with E-state index in [0.717, 1.165) is 0 Å². The number of cyclic esters (lactones) is 1. The summed E-state index contributed by atoms with van der Waals surface area (Å²) in [7, 11) is 0. The van der Waals surface area contributed by atoms with Gasteiger partial charge in [0, 0.05) is 0 Å². The molecule has 1 saturated heterocycles. The van der Waals surface area contributed by atoms with Gasteiger partial charge in [-0.1, -0.05) is 0 Å². The second kappa shape index (κ2) is 3.23. The van der Waals surface area contributed by atoms with Crippen LogP contribution in [0, 0.1) is 5.92 Å². The zero-order valence-electron chi connectivity index (χ0n) is 8.14. The lowest BCUT2D eigenvalue weighted by atomic mass is 9.82. The van der Waals surface area contributed by atoms with Crippen molar-refractivity contribution >= 4 is 30.3 Å². The monoisotopic (exact) mass is 229 g/mol. The minimum atomic E-state index is -1.06. The van der Waals surface area contributed by atoms with E-state index in [4.69, 9.17) is 5.11 Å². The number of thiol groups is 1. The van der Waals surface area contributed by atoms with Crippen molar-refractivity contribution in [3.8, 4) is 0 Å². The summed E-state index contributed by atoms with van der Waals surface area (Å²) in [5.74, 6) is -1.68. The molecule has 0 aliphatic carbocycles. The third-order valence-electron chi connectivity index (χ3n) is 2.94. The number of hydrogen-bond donors (Lipinski definition) is 2. The van der Waals surface area contributed by atoms with Crippen molar-refractivity contribution in [3.05, 3.63) is 0 Å². The van der Waals surface area contributed by atoms with Crippen molar-refractivity contribution in [1.29, 1.82) is 0 Å². The van der Waals surface area contributed by atoms with Crippen molar-refractivity contribution in [2.24, 2.45) is 10.9 Å². The highest BCUT2D eigenvalue weighted by molar-refractivity contribution is 7.82. The van der Waals surface area contributed by atoms with Gasteiger partial charge in [0.2, 0.25) is 0 Å². The molecular weight excluding hydrogens is 218 g/mol. The molecular formula is C9H11NO4S. The summed E-state index contributed by atoms with van der Waals surface area (Å²) in [5, 5.41) is 8.46. The second-order valence-corrected chi connectivity index (χ2v) is 4.69. The van der Waals surface area contributed by atoms with Gasteiger partial charge in [-0.05, 0) is 13.3 Å². The summed E-state index contributed by atoms with van der Waals surface area (Å²) in [5.41, 5.74) is -0.615. The van der Waals surface area contributed by atoms with Crippen molar-refractivity contribution in [1.82, 2.24) is 0 Å². The van der Waals surface area contributed by atoms with Crippen LogP contribution in [-0.2, 0) is 14.3 Å². The molecule has 3 atom stereocenters. The van der Waals surface area contributed by atoms with Crippen LogP contribution in [0.5, 0.6) is 0 Å². The van der Waals surface area contributed by atoms with Crippen LogP contribution in [0.1, 0.15) is 13.3 Å². The Kier molecular flexibility index (Phi) is 2.26. The Hall–Kier alpha value is -1.04. The summed E-state index contributed by atoms with van der Waals surface area (Å²) in [6, 6.07) is 0. The fourth-order valence-electron chi connectivity index (χ4n) is 1.96. The van der Waals surface area contributed by atoms with Gasteiger partial charge in [0.25, 0.3) is 0 Å². The van der Waals surface area contributed by atoms with E-state index in [2.05, 4.69) is 22.4 Å². The van der Waals surface area contributed by atoms with Gasteiger partial charge in [0.05, 0.1) is 10.8 Å². The van der Waals surface area contributed by atoms with Crippen molar-refractivity contribution < 1.29 is 19.4 Å². The Balaban J connectivity index is 2.25. The molecule has 0 aromatic heterocycles. The molecule has 0 aromatic rings. The first kappa shape index (κ1) is 10.5. The van der Waals surface area contributed by atoms with Crippen molar-refractivity contribution in [3.63, 3.8) is 0 Å². The van der Waals surface area contributed by atoms with Gasteiger partial charge in [0.15, 0.2) is 0 Å². The Morgan fingerprint density at radius 1 is 1.73 bits per heavy atom. The van der Waals surface area contributed by atoms with Gasteiger partial charge in [-0.25, -0.2) is 4.79 Å². The number of nitrogens with zero attached hydrogens (tertiary/aromatic N) is 1. The molecule has 0 radical (unpaired) electrons. The number of carboxylic acids is 1. The Morgan fingerprint density at radius 2 is 2.40 bits per heavy atom. The fraction of sp³-hybridized carbons (Fsp3) is 0.667. The summed E-state index contributed by atoms with van der Waals surface area (Å²) < 4.78 is 4.67. The summed E-state index contributed by atoms with van der Waals surface area (Å²) in [4.78, 5) is 26.1. The van der Waals surface area contributed by atoms with Crippen LogP contribution in [0.2, 0.25) is 0 Å². The highest BCUT2D eigenvalue weighted by atomic mass is 32.1. The molecule has 15 heavy (non-hydrogen) atoms. The molecule has 1 N–H and O–H groups in total. The molecule has 2 aliphatic rings. The largest absolute Gasteiger partial charge is 0.477 e. The van der Waals surface area contributed by atoms with E-state index < -0.39 is 16.8 Å². The van der Waals surface area contributed by atoms with E-state index in [1.807, 2.05) is 0 Å². The number of carbonyl (C=O) groups excluding carboxylic acids is 1. The predicted octanol–water partition coefficient (Wildman–Crippen LogP) is 0.146. The van der Waals surface area contributed by atoms with Crippen LogP contribution in [-0.4, -0.2) is 40.2 Å². The topological polar surface area (TPSA) is 76.0 Å². The summed E-state index contributed by atoms with van der Waals surface area (Å²) >= 11 is 4.16. The van der Waals surface area contributed by atoms with Gasteiger partial charge in [-0.2, -0.15) is 12.6 Å². The average Bonchev–Trinajstić information content (AvgIpc) is 2.39. The lowest BCUT2D eigenvalue weighted by molar-refractivity contribution is -0.173. The molecule has 2 rings (SSSR count). The first-order valence-electron chi connectivity index (χ1n) is 4.62. The lowest BCUT2D eigenvalue weighted by Crippen LogP contribution is -2.48. The fourth-order valence-corrected chi connectivity index (χ4v) is 2.50. The average molecular weight is 229 g/mol. The van der Waals surface area contributed by atoms with E-state index in [9.17, 15) is 9.59 Å². The van der Waals surface area contributed by atoms with Crippen LogP contribution >= 0.6 is 12.6 Å². The molecule has 0 spiro atoms. The minimum Gasteiger partial charge on any atom is -0.477 e. The highest BCUT2D eigenvalue weighted by Crippen LogP contribution is 2.39. The number of carboxylic acid groups (broad SMARTS) is 1. The van der Waals surface area contributed by atoms with E-state index in [-0.39, 0.29) is 17.6 Å². The first-order valence-corrected chi connectivity index (χ1v) is 5.13. The Morgan fingerprint density at radius 3 is 2.73 bits per heavy atom. The molecule has 2 aliphatic heterocycles. The molecule has 2 heterocycles. The maximum absolute atomic E-state index is 11.1. The molecule has 1 fully saturated rings. The third kappa shape index (κ3) is 1.52. The zero-order valence-corrected chi connectivity index (χ0v) is 9.03. The number of hydrogen-bond acceptors (Lipinski definition) is 5. The van der Waals surface area contributed by atoms with Gasteiger partial charge in [-0.15, -0.1) is 0 Å². The molecule has 0 aromatic carbocycles. The number of ether oxygens (including phenoxy) is 1. The Labute approximate surface area is 91.9 Å². The van der Waals surface area contributed by atoms with Crippen molar-refractivity contribution in [2.75, 3.05) is 6.61 Å². The minimum absolute atomic E-state index is 0.0422. The molecule has 0 saturated carbocycles. The maximum atomic E-state index is 11.1. The van der Waals surface area contributed by atoms with Gasteiger partial charge in [0.1, 0.15) is 18.2 Å². The molecule has 82 valence electrons. The first-order chi connectivity index (χ1) is 6.94. The van der Waals surface area contributed by atoms with E-state index in [1.165, 1.54) is 0 Å². The zero-order chi connectivity index (χ0) is 11.2. The van der Waals surface area contributed by atoms with Gasteiger partial charge in [-0.3, -0.25) is 9.79 Å². The van der Waals surface area contributed by atoms with Crippen LogP contribution in [0.3, 0.4) is 0 Å². The molecule has 5 nitrogen and oxygen atoms in total. The lowest BCUT2D eigenvalue weighted by Gasteiger charge is -2.35. The number of esters is 1. The number of aliphatic imine (C=N–C) groups is 1. The van der Waals surface area contributed by atoms with E-state index in [0.29, 0.717) is 13.0 Å². The number of carbonyl (C=O) groups is 2. The number of rotatable bonds is 2. The number of aliphatic carboxylic acids is 1. The van der Waals surface area contributed by atoms with Crippen LogP contribution in [0.4, 0.5) is 0 Å². The van der Waals surface area contributed by atoms with Crippen molar-refractivity contribution in [2.45, 2.75) is 24.1 Å². The normalized spacial score (nSPS) is 39.3. The summed E-state index contributed by atoms with van der Waals surface area (Å²) in [6.07, 6.45) is 0.470. The molecule has 2 unspecified atom stereocenters. The SMILES string of the molecule is CC1([C@H]2COC2=O)CC(S)C(C(=O)O)=N1. The predicted molar refractivity (Wildman–Crippen MR) is 55.3 cm³/mol. The molecule has 0 bridgehead atoms. The van der Waals surface area contributed by atoms with Gasteiger partial charge < -0.3 is 9.84 Å². The second-order valence-electron chi connectivity index (χ2n) is 4.06. The van der Waals surface area contributed by atoms with Crippen LogP contribution in [0.15, 0.2) is 4.99 Å². The maximum Gasteiger partial charge on any atom is 0.350 e. The standard InChI is InChI=1S/C9H11NO4S/c1-9(4-3-14-8(4)13)2-5(15)6(10-9)7(11)12/h4-5,15H,2-3H2,1H3,(H,11,12)/t4-,5?,9?/m0/s1. The molecule has 6 heteroatoms. The quantitative estimate of drug-likeness (QED) is 0.522. The summed E-state index contributed by atoms with van der Waals surface area (Å²) in [6.45, 7) is 2.10. The van der Waals surface area contributed by atoms with Crippen LogP contribution < -0.4 is 0 Å². The third-order valence-corrected chi connectivity index (χ3v) is 3.37. The molecule has 0 amide bonds. The highest BCUT2D eigenvalue weighted by Gasteiger charge is 2.51. The Bertz CT molecular complexity index is 367.